The van der Waals surface area contributed by atoms with Gasteiger partial charge in [-0.25, -0.2) is 4.79 Å². The molecule has 4 heteroatoms. The van der Waals surface area contributed by atoms with E-state index in [1.54, 1.807) is 0 Å². The Labute approximate surface area is 146 Å². The van der Waals surface area contributed by atoms with Gasteiger partial charge in [0.25, 0.3) is 0 Å². The molecule has 0 spiro atoms. The SMILES string of the molecule is Cc1cccc(C2CC[C@H](NC(=O)OC(C)(C)C)[C@@H](N(C)C)C2)c1. The first-order valence-electron chi connectivity index (χ1n) is 8.88. The van der Waals surface area contributed by atoms with Crippen LogP contribution in [-0.4, -0.2) is 42.8 Å². The van der Waals surface area contributed by atoms with Gasteiger partial charge >= 0.3 is 6.09 Å². The van der Waals surface area contributed by atoms with Crippen LogP contribution in [-0.2, 0) is 4.74 Å². The molecule has 0 radical (unpaired) electrons. The highest BCUT2D eigenvalue weighted by Gasteiger charge is 2.34. The molecule has 2 rings (SSSR count). The number of nitrogens with zero attached hydrogens (tertiary/aromatic N) is 1. The largest absolute Gasteiger partial charge is 0.444 e. The van der Waals surface area contributed by atoms with Crippen LogP contribution in [0.1, 0.15) is 57.1 Å². The van der Waals surface area contributed by atoms with Crippen LogP contribution in [0, 0.1) is 6.92 Å². The first-order valence-corrected chi connectivity index (χ1v) is 8.88. The van der Waals surface area contributed by atoms with Crippen molar-refractivity contribution in [2.24, 2.45) is 0 Å². The number of nitrogens with one attached hydrogen (secondary N) is 1. The molecule has 0 heterocycles. The van der Waals surface area contributed by atoms with Crippen molar-refractivity contribution < 1.29 is 9.53 Å². The first kappa shape index (κ1) is 18.8. The lowest BCUT2D eigenvalue weighted by atomic mass is 9.78. The number of rotatable bonds is 3. The third-order valence-corrected chi connectivity index (χ3v) is 4.70. The Morgan fingerprint density at radius 3 is 2.54 bits per heavy atom. The second-order valence-corrected chi connectivity index (χ2v) is 8.21. The molecule has 0 aromatic heterocycles. The van der Waals surface area contributed by atoms with Crippen molar-refractivity contribution in [3.63, 3.8) is 0 Å². The van der Waals surface area contributed by atoms with E-state index in [0.29, 0.717) is 12.0 Å². The summed E-state index contributed by atoms with van der Waals surface area (Å²) in [7, 11) is 4.18. The maximum Gasteiger partial charge on any atom is 0.407 e. The fourth-order valence-corrected chi connectivity index (χ4v) is 3.57. The Kier molecular flexibility index (Phi) is 5.92. The van der Waals surface area contributed by atoms with E-state index in [-0.39, 0.29) is 12.1 Å². The van der Waals surface area contributed by atoms with Gasteiger partial charge in [-0.1, -0.05) is 29.8 Å². The highest BCUT2D eigenvalue weighted by atomic mass is 16.6. The molecule has 0 saturated heterocycles. The number of aryl methyl sites for hydroxylation is 1. The van der Waals surface area contributed by atoms with Crippen molar-refractivity contribution >= 4 is 6.09 Å². The summed E-state index contributed by atoms with van der Waals surface area (Å²) in [5, 5.41) is 3.09. The molecule has 1 unspecified atom stereocenters. The quantitative estimate of drug-likeness (QED) is 0.906. The molecule has 0 aliphatic heterocycles. The minimum absolute atomic E-state index is 0.135. The molecular formula is C20H32N2O2. The minimum Gasteiger partial charge on any atom is -0.444 e. The average Bonchev–Trinajstić information content (AvgIpc) is 2.45. The summed E-state index contributed by atoms with van der Waals surface area (Å²) in [6.45, 7) is 7.82. The van der Waals surface area contributed by atoms with E-state index in [0.717, 1.165) is 19.3 Å². The molecule has 1 aromatic rings. The van der Waals surface area contributed by atoms with Gasteiger partial charge < -0.3 is 15.0 Å². The van der Waals surface area contributed by atoms with Gasteiger partial charge in [0.2, 0.25) is 0 Å². The number of carbonyl (C=O) groups excluding carboxylic acids is 1. The molecule has 0 bridgehead atoms. The van der Waals surface area contributed by atoms with E-state index in [9.17, 15) is 4.79 Å². The van der Waals surface area contributed by atoms with Crippen LogP contribution in [0.25, 0.3) is 0 Å². The second-order valence-electron chi connectivity index (χ2n) is 8.21. The number of hydrogen-bond acceptors (Lipinski definition) is 3. The summed E-state index contributed by atoms with van der Waals surface area (Å²) in [5.41, 5.74) is 2.26. The van der Waals surface area contributed by atoms with Crippen LogP contribution in [0.3, 0.4) is 0 Å². The molecule has 1 aliphatic carbocycles. The normalized spacial score (nSPS) is 24.7. The number of hydrogen-bond donors (Lipinski definition) is 1. The molecule has 24 heavy (non-hydrogen) atoms. The Bertz CT molecular complexity index is 563. The average molecular weight is 332 g/mol. The number of likely N-dealkylation sites (N-methyl/N-ethyl adjacent to an activating group) is 1. The Morgan fingerprint density at radius 1 is 1.25 bits per heavy atom. The molecule has 1 amide bonds. The zero-order valence-electron chi connectivity index (χ0n) is 15.9. The van der Waals surface area contributed by atoms with Crippen molar-refractivity contribution in [3.8, 4) is 0 Å². The minimum atomic E-state index is -0.462. The van der Waals surface area contributed by atoms with Crippen LogP contribution in [0.4, 0.5) is 4.79 Å². The maximum atomic E-state index is 12.1. The Morgan fingerprint density at radius 2 is 1.96 bits per heavy atom. The molecule has 1 N–H and O–H groups in total. The van der Waals surface area contributed by atoms with E-state index >= 15 is 0 Å². The fraction of sp³-hybridized carbons (Fsp3) is 0.650. The zero-order valence-corrected chi connectivity index (χ0v) is 15.9. The van der Waals surface area contributed by atoms with Gasteiger partial charge in [0.1, 0.15) is 5.60 Å². The van der Waals surface area contributed by atoms with E-state index in [1.807, 2.05) is 20.8 Å². The van der Waals surface area contributed by atoms with E-state index in [4.69, 9.17) is 4.74 Å². The van der Waals surface area contributed by atoms with E-state index in [1.165, 1.54) is 11.1 Å². The summed E-state index contributed by atoms with van der Waals surface area (Å²) in [6.07, 6.45) is 2.81. The predicted molar refractivity (Wildman–Crippen MR) is 98.4 cm³/mol. The van der Waals surface area contributed by atoms with Crippen LogP contribution >= 0.6 is 0 Å². The van der Waals surface area contributed by atoms with Gasteiger partial charge in [-0.2, -0.15) is 0 Å². The maximum absolute atomic E-state index is 12.1. The predicted octanol–water partition coefficient (Wildman–Crippen LogP) is 4.09. The molecule has 1 saturated carbocycles. The number of ether oxygens (including phenoxy) is 1. The van der Waals surface area contributed by atoms with Crippen molar-refractivity contribution in [1.29, 1.82) is 0 Å². The topological polar surface area (TPSA) is 41.6 Å². The highest BCUT2D eigenvalue weighted by molar-refractivity contribution is 5.68. The molecule has 4 nitrogen and oxygen atoms in total. The van der Waals surface area contributed by atoms with Crippen molar-refractivity contribution in [2.45, 2.75) is 70.6 Å². The number of benzene rings is 1. The fourth-order valence-electron chi connectivity index (χ4n) is 3.57. The van der Waals surface area contributed by atoms with Crippen molar-refractivity contribution in [2.75, 3.05) is 14.1 Å². The zero-order chi connectivity index (χ0) is 17.9. The Hall–Kier alpha value is -1.55. The van der Waals surface area contributed by atoms with Crippen molar-refractivity contribution in [3.05, 3.63) is 35.4 Å². The van der Waals surface area contributed by atoms with E-state index < -0.39 is 5.60 Å². The van der Waals surface area contributed by atoms with E-state index in [2.05, 4.69) is 55.5 Å². The lowest BCUT2D eigenvalue weighted by Crippen LogP contribution is -2.53. The number of alkyl carbamates (subject to hydrolysis) is 1. The van der Waals surface area contributed by atoms with Crippen LogP contribution in [0.15, 0.2) is 24.3 Å². The molecule has 134 valence electrons. The van der Waals surface area contributed by atoms with Gasteiger partial charge in [-0.05, 0) is 72.5 Å². The van der Waals surface area contributed by atoms with Crippen molar-refractivity contribution in [1.82, 2.24) is 10.2 Å². The molecule has 1 fully saturated rings. The van der Waals surface area contributed by atoms with Crippen LogP contribution in [0.5, 0.6) is 0 Å². The molecule has 3 atom stereocenters. The number of carbonyl (C=O) groups is 1. The van der Waals surface area contributed by atoms with Gasteiger partial charge in [0.15, 0.2) is 0 Å². The molecule has 1 aliphatic rings. The van der Waals surface area contributed by atoms with Gasteiger partial charge in [0.05, 0.1) is 0 Å². The number of amides is 1. The van der Waals surface area contributed by atoms with Gasteiger partial charge in [-0.15, -0.1) is 0 Å². The second kappa shape index (κ2) is 7.56. The lowest BCUT2D eigenvalue weighted by molar-refractivity contribution is 0.0445. The third kappa shape index (κ3) is 5.23. The van der Waals surface area contributed by atoms with Crippen LogP contribution in [0.2, 0.25) is 0 Å². The highest BCUT2D eigenvalue weighted by Crippen LogP contribution is 2.35. The molecule has 1 aromatic carbocycles. The lowest BCUT2D eigenvalue weighted by Gasteiger charge is -2.40. The first-order chi connectivity index (χ1) is 11.2. The third-order valence-electron chi connectivity index (χ3n) is 4.70. The standard InChI is InChI=1S/C20H32N2O2/c1-14-8-7-9-15(12-14)16-10-11-17(18(13-16)22(5)6)21-19(23)24-20(2,3)4/h7-9,12,16-18H,10-11,13H2,1-6H3,(H,21,23)/t16?,17-,18-/m0/s1. The summed E-state index contributed by atoms with van der Waals surface area (Å²) in [6, 6.07) is 9.25. The summed E-state index contributed by atoms with van der Waals surface area (Å²) >= 11 is 0. The van der Waals surface area contributed by atoms with Crippen LogP contribution < -0.4 is 5.32 Å². The molecular weight excluding hydrogens is 300 g/mol. The summed E-state index contributed by atoms with van der Waals surface area (Å²) in [4.78, 5) is 14.4. The smallest absolute Gasteiger partial charge is 0.407 e. The van der Waals surface area contributed by atoms with Gasteiger partial charge in [-0.3, -0.25) is 0 Å². The Balaban J connectivity index is 2.04. The van der Waals surface area contributed by atoms with Gasteiger partial charge in [0, 0.05) is 12.1 Å². The monoisotopic (exact) mass is 332 g/mol. The summed E-state index contributed by atoms with van der Waals surface area (Å²) < 4.78 is 5.43. The summed E-state index contributed by atoms with van der Waals surface area (Å²) in [5.74, 6) is 0.550.